The minimum Gasteiger partial charge on any atom is -0.368 e. The van der Waals surface area contributed by atoms with Gasteiger partial charge in [0.2, 0.25) is 23.8 Å². The maximum Gasteiger partial charge on any atom is 0.225 e. The number of rotatable bonds is 2. The zero-order chi connectivity index (χ0) is 15.7. The molecule has 0 spiro atoms. The molecule has 3 rings (SSSR count). The Bertz CT molecular complexity index is 588. The number of nitrogen functional groups attached to an aromatic ring is 4. The normalized spacial score (nSPS) is 21.6. The quantitative estimate of drug-likeness (QED) is 0.580. The fourth-order valence-electron chi connectivity index (χ4n) is 2.93. The van der Waals surface area contributed by atoms with Crippen molar-refractivity contribution in [3.8, 4) is 0 Å². The van der Waals surface area contributed by atoms with Crippen LogP contribution >= 0.6 is 0 Å². The van der Waals surface area contributed by atoms with E-state index in [4.69, 9.17) is 22.9 Å². The summed E-state index contributed by atoms with van der Waals surface area (Å²) < 4.78 is 0. The van der Waals surface area contributed by atoms with Crippen LogP contribution in [0.15, 0.2) is 0 Å². The van der Waals surface area contributed by atoms with Gasteiger partial charge in [-0.3, -0.25) is 0 Å². The van der Waals surface area contributed by atoms with Crippen molar-refractivity contribution in [1.29, 1.82) is 0 Å². The largest absolute Gasteiger partial charge is 0.368 e. The number of anilines is 4. The molecule has 0 bridgehead atoms. The summed E-state index contributed by atoms with van der Waals surface area (Å²) in [6.07, 6.45) is 3.89. The summed E-state index contributed by atoms with van der Waals surface area (Å²) in [6, 6.07) is 0. The Kier molecular flexibility index (Phi) is 3.57. The zero-order valence-corrected chi connectivity index (χ0v) is 12.0. The Morgan fingerprint density at radius 2 is 0.864 bits per heavy atom. The Hall–Kier alpha value is -2.78. The van der Waals surface area contributed by atoms with Gasteiger partial charge in [-0.2, -0.15) is 29.9 Å². The van der Waals surface area contributed by atoms with Crippen molar-refractivity contribution in [2.24, 2.45) is 0 Å². The topological polar surface area (TPSA) is 181 Å². The van der Waals surface area contributed by atoms with Crippen LogP contribution < -0.4 is 22.9 Å². The lowest BCUT2D eigenvalue weighted by atomic mass is 9.78. The molecule has 2 aromatic heterocycles. The van der Waals surface area contributed by atoms with Crippen molar-refractivity contribution in [1.82, 2.24) is 29.9 Å². The highest BCUT2D eigenvalue weighted by atomic mass is 15.2. The first-order valence-corrected chi connectivity index (χ1v) is 7.07. The van der Waals surface area contributed by atoms with Gasteiger partial charge in [0.1, 0.15) is 11.6 Å². The molecule has 116 valence electrons. The lowest BCUT2D eigenvalue weighted by molar-refractivity contribution is 0.361. The summed E-state index contributed by atoms with van der Waals surface area (Å²) in [4.78, 5) is 24.5. The molecule has 0 radical (unpaired) electrons. The maximum atomic E-state index is 5.67. The fourth-order valence-corrected chi connectivity index (χ4v) is 2.93. The Morgan fingerprint density at radius 1 is 0.545 bits per heavy atom. The van der Waals surface area contributed by atoms with Crippen LogP contribution in [0.25, 0.3) is 0 Å². The molecule has 0 aliphatic heterocycles. The van der Waals surface area contributed by atoms with Gasteiger partial charge < -0.3 is 22.9 Å². The molecule has 2 heterocycles. The zero-order valence-electron chi connectivity index (χ0n) is 12.0. The molecule has 1 aliphatic carbocycles. The standard InChI is InChI=1S/C12H18N10/c13-9-17-7(18-10(14)21-9)5-3-1-2-4-6(5)8-19-11(15)22-12(16)20-8/h5-6H,1-4H2,(H4,13,14,17,18,21)(H4,15,16,19,20,22). The van der Waals surface area contributed by atoms with E-state index in [0.29, 0.717) is 11.6 Å². The van der Waals surface area contributed by atoms with Gasteiger partial charge in [0.25, 0.3) is 0 Å². The van der Waals surface area contributed by atoms with Gasteiger partial charge in [0.15, 0.2) is 0 Å². The number of nitrogens with two attached hydrogens (primary N) is 4. The molecule has 22 heavy (non-hydrogen) atoms. The van der Waals surface area contributed by atoms with E-state index in [1.807, 2.05) is 0 Å². The fraction of sp³-hybridized carbons (Fsp3) is 0.500. The summed E-state index contributed by atoms with van der Waals surface area (Å²) in [5.41, 5.74) is 22.7. The summed E-state index contributed by atoms with van der Waals surface area (Å²) in [6.45, 7) is 0. The predicted octanol–water partition coefficient (Wildman–Crippen LogP) is -0.173. The van der Waals surface area contributed by atoms with Crippen molar-refractivity contribution < 1.29 is 0 Å². The first-order chi connectivity index (χ1) is 10.5. The molecule has 2 aromatic rings. The SMILES string of the molecule is Nc1nc(N)nc(C2CCCCC2c2nc(N)nc(N)n2)n1. The molecule has 1 fully saturated rings. The average Bonchev–Trinajstić information content (AvgIpc) is 2.45. The molecule has 0 saturated heterocycles. The Balaban J connectivity index is 2.00. The van der Waals surface area contributed by atoms with Crippen LogP contribution in [0.3, 0.4) is 0 Å². The van der Waals surface area contributed by atoms with Crippen molar-refractivity contribution in [3.63, 3.8) is 0 Å². The van der Waals surface area contributed by atoms with Gasteiger partial charge in [-0.25, -0.2) is 0 Å². The highest BCUT2D eigenvalue weighted by Gasteiger charge is 2.33. The van der Waals surface area contributed by atoms with Crippen LogP contribution in [0, 0.1) is 0 Å². The molecule has 10 heteroatoms. The molecule has 0 amide bonds. The third-order valence-corrected chi connectivity index (χ3v) is 3.80. The third-order valence-electron chi connectivity index (χ3n) is 3.80. The Labute approximate surface area is 126 Å². The molecule has 1 aliphatic rings. The first kappa shape index (κ1) is 14.2. The monoisotopic (exact) mass is 302 g/mol. The van der Waals surface area contributed by atoms with Gasteiger partial charge in [-0.1, -0.05) is 12.8 Å². The van der Waals surface area contributed by atoms with Gasteiger partial charge in [-0.05, 0) is 12.8 Å². The van der Waals surface area contributed by atoms with E-state index in [1.165, 1.54) is 0 Å². The second-order valence-electron chi connectivity index (χ2n) is 5.32. The van der Waals surface area contributed by atoms with Crippen molar-refractivity contribution in [2.75, 3.05) is 22.9 Å². The number of hydrogen-bond donors (Lipinski definition) is 4. The minimum absolute atomic E-state index is 0.00236. The lowest BCUT2D eigenvalue weighted by Crippen LogP contribution is -2.23. The summed E-state index contributed by atoms with van der Waals surface area (Å²) in [7, 11) is 0. The van der Waals surface area contributed by atoms with E-state index >= 15 is 0 Å². The number of aromatic nitrogens is 6. The molecular formula is C12H18N10. The van der Waals surface area contributed by atoms with E-state index in [-0.39, 0.29) is 35.6 Å². The van der Waals surface area contributed by atoms with Crippen molar-refractivity contribution >= 4 is 23.8 Å². The number of nitrogens with zero attached hydrogens (tertiary/aromatic N) is 6. The van der Waals surface area contributed by atoms with Crippen LogP contribution in [-0.2, 0) is 0 Å². The smallest absolute Gasteiger partial charge is 0.225 e. The highest BCUT2D eigenvalue weighted by molar-refractivity contribution is 5.30. The van der Waals surface area contributed by atoms with Crippen molar-refractivity contribution in [3.05, 3.63) is 11.6 Å². The lowest BCUT2D eigenvalue weighted by Gasteiger charge is -2.29. The minimum atomic E-state index is 0.00236. The van der Waals surface area contributed by atoms with Gasteiger partial charge in [0, 0.05) is 11.8 Å². The number of hydrogen-bond acceptors (Lipinski definition) is 10. The summed E-state index contributed by atoms with van der Waals surface area (Å²) in [5, 5.41) is 0. The van der Waals surface area contributed by atoms with Crippen LogP contribution in [0.5, 0.6) is 0 Å². The van der Waals surface area contributed by atoms with Crippen LogP contribution in [0.1, 0.15) is 49.2 Å². The molecular weight excluding hydrogens is 284 g/mol. The van der Waals surface area contributed by atoms with Gasteiger partial charge >= 0.3 is 0 Å². The second kappa shape index (κ2) is 5.54. The van der Waals surface area contributed by atoms with Crippen LogP contribution in [0.4, 0.5) is 23.8 Å². The predicted molar refractivity (Wildman–Crippen MR) is 81.3 cm³/mol. The van der Waals surface area contributed by atoms with Crippen molar-refractivity contribution in [2.45, 2.75) is 37.5 Å². The van der Waals surface area contributed by atoms with E-state index in [1.54, 1.807) is 0 Å². The van der Waals surface area contributed by atoms with Gasteiger partial charge in [0.05, 0.1) is 0 Å². The highest BCUT2D eigenvalue weighted by Crippen LogP contribution is 2.42. The van der Waals surface area contributed by atoms with E-state index < -0.39 is 0 Å². The third kappa shape index (κ3) is 2.80. The molecule has 8 N–H and O–H groups in total. The molecule has 0 aromatic carbocycles. The van der Waals surface area contributed by atoms with E-state index in [0.717, 1.165) is 25.7 Å². The average molecular weight is 302 g/mol. The first-order valence-electron chi connectivity index (χ1n) is 7.07. The van der Waals surface area contributed by atoms with E-state index in [9.17, 15) is 0 Å². The molecule has 1 saturated carbocycles. The Morgan fingerprint density at radius 3 is 1.18 bits per heavy atom. The summed E-state index contributed by atoms with van der Waals surface area (Å²) >= 11 is 0. The molecule has 10 nitrogen and oxygen atoms in total. The molecule has 2 unspecified atom stereocenters. The van der Waals surface area contributed by atoms with Crippen LogP contribution in [0.2, 0.25) is 0 Å². The second-order valence-corrected chi connectivity index (χ2v) is 5.32. The van der Waals surface area contributed by atoms with E-state index in [2.05, 4.69) is 29.9 Å². The van der Waals surface area contributed by atoms with Crippen LogP contribution in [-0.4, -0.2) is 29.9 Å². The molecule has 2 atom stereocenters. The summed E-state index contributed by atoms with van der Waals surface area (Å²) in [5.74, 6) is 1.58. The van der Waals surface area contributed by atoms with Gasteiger partial charge in [-0.15, -0.1) is 0 Å². The maximum absolute atomic E-state index is 5.67.